The molecule has 28 heavy (non-hydrogen) atoms. The van der Waals surface area contributed by atoms with Gasteiger partial charge in [0.2, 0.25) is 0 Å². The number of nitrogens with zero attached hydrogens (tertiary/aromatic N) is 5. The van der Waals surface area contributed by atoms with Crippen molar-refractivity contribution in [3.05, 3.63) is 58.4 Å². The molecule has 1 aromatic heterocycles. The number of aromatic nitrogens is 2. The molecular formula is C19H25FN6O2. The summed E-state index contributed by atoms with van der Waals surface area (Å²) in [6.45, 7) is 2.82. The van der Waals surface area contributed by atoms with E-state index in [2.05, 4.69) is 20.2 Å². The largest absolute Gasteiger partial charge is 0.387 e. The minimum absolute atomic E-state index is 0.114. The number of hydrogen-bond acceptors (Lipinski definition) is 5. The van der Waals surface area contributed by atoms with Crippen molar-refractivity contribution < 1.29 is 9.50 Å². The second-order valence-electron chi connectivity index (χ2n) is 6.64. The zero-order chi connectivity index (χ0) is 20.1. The molecule has 2 aromatic rings. The fourth-order valence-electron chi connectivity index (χ4n) is 3.18. The third-order valence-electron chi connectivity index (χ3n) is 4.78. The van der Waals surface area contributed by atoms with Gasteiger partial charge in [0.25, 0.3) is 5.56 Å². The molecule has 3 rings (SSSR count). The molecule has 0 saturated carbocycles. The molecule has 0 amide bonds. The summed E-state index contributed by atoms with van der Waals surface area (Å²) in [4.78, 5) is 24.7. The molecule has 1 aromatic carbocycles. The van der Waals surface area contributed by atoms with Crippen LogP contribution in [0.15, 0.2) is 46.4 Å². The van der Waals surface area contributed by atoms with Gasteiger partial charge in [0.1, 0.15) is 5.82 Å². The first-order chi connectivity index (χ1) is 13.5. The highest BCUT2D eigenvalue weighted by molar-refractivity contribution is 5.80. The van der Waals surface area contributed by atoms with Crippen molar-refractivity contribution in [3.8, 4) is 0 Å². The highest BCUT2D eigenvalue weighted by Crippen LogP contribution is 2.14. The zero-order valence-corrected chi connectivity index (χ0v) is 16.0. The Kier molecular flexibility index (Phi) is 6.25. The van der Waals surface area contributed by atoms with Crippen molar-refractivity contribution in [2.24, 2.45) is 12.0 Å². The lowest BCUT2D eigenvalue weighted by atomic mass is 10.1. The van der Waals surface area contributed by atoms with Gasteiger partial charge < -0.3 is 24.8 Å². The summed E-state index contributed by atoms with van der Waals surface area (Å²) in [5.74, 6) is 0.732. The Hall–Kier alpha value is -2.94. The lowest BCUT2D eigenvalue weighted by Crippen LogP contribution is -2.54. The van der Waals surface area contributed by atoms with Crippen LogP contribution in [0.4, 0.5) is 10.2 Å². The molecule has 0 radical (unpaired) electrons. The number of aryl methyl sites for hydroxylation is 1. The van der Waals surface area contributed by atoms with E-state index in [9.17, 15) is 14.3 Å². The molecule has 150 valence electrons. The maximum absolute atomic E-state index is 13.3. The Labute approximate surface area is 163 Å². The van der Waals surface area contributed by atoms with Crippen molar-refractivity contribution in [1.29, 1.82) is 0 Å². The topological polar surface area (TPSA) is 86.0 Å². The summed E-state index contributed by atoms with van der Waals surface area (Å²) < 4.78 is 14.8. The van der Waals surface area contributed by atoms with E-state index in [4.69, 9.17) is 0 Å². The first-order valence-corrected chi connectivity index (χ1v) is 9.15. The average molecular weight is 388 g/mol. The maximum atomic E-state index is 13.3. The van der Waals surface area contributed by atoms with Gasteiger partial charge in [-0.05, 0) is 17.7 Å². The second kappa shape index (κ2) is 8.83. The predicted molar refractivity (Wildman–Crippen MR) is 106 cm³/mol. The minimum atomic E-state index is -0.842. The summed E-state index contributed by atoms with van der Waals surface area (Å²) in [5, 5.41) is 13.4. The van der Waals surface area contributed by atoms with Crippen molar-refractivity contribution in [2.45, 2.75) is 6.10 Å². The lowest BCUT2D eigenvalue weighted by Gasteiger charge is -2.36. The van der Waals surface area contributed by atoms with E-state index < -0.39 is 6.10 Å². The molecule has 2 N–H and O–H groups in total. The maximum Gasteiger partial charge on any atom is 0.293 e. The Morgan fingerprint density at radius 2 is 2.11 bits per heavy atom. The summed E-state index contributed by atoms with van der Waals surface area (Å²) in [6, 6.07) is 5.92. The van der Waals surface area contributed by atoms with Gasteiger partial charge >= 0.3 is 0 Å². The molecule has 0 bridgehead atoms. The number of hydrogen-bond donors (Lipinski definition) is 2. The van der Waals surface area contributed by atoms with Crippen molar-refractivity contribution in [3.63, 3.8) is 0 Å². The number of nitrogens with one attached hydrogen (secondary N) is 1. The Morgan fingerprint density at radius 1 is 1.36 bits per heavy atom. The summed E-state index contributed by atoms with van der Waals surface area (Å²) in [5.41, 5.74) is 0.399. The summed E-state index contributed by atoms with van der Waals surface area (Å²) in [6.07, 6.45) is 2.42. The van der Waals surface area contributed by atoms with Crippen LogP contribution < -0.4 is 15.8 Å². The van der Waals surface area contributed by atoms with Crippen molar-refractivity contribution in [2.75, 3.05) is 44.7 Å². The highest BCUT2D eigenvalue weighted by Gasteiger charge is 2.23. The van der Waals surface area contributed by atoms with Gasteiger partial charge in [-0.3, -0.25) is 9.79 Å². The molecule has 9 heteroatoms. The lowest BCUT2D eigenvalue weighted by molar-refractivity contribution is 0.179. The third kappa shape index (κ3) is 4.48. The molecule has 1 fully saturated rings. The first kappa shape index (κ1) is 19.8. The van der Waals surface area contributed by atoms with Gasteiger partial charge in [0.15, 0.2) is 11.8 Å². The number of rotatable bonds is 4. The van der Waals surface area contributed by atoms with Gasteiger partial charge in [-0.15, -0.1) is 0 Å². The number of aliphatic imine (C=N–C) groups is 1. The van der Waals surface area contributed by atoms with Crippen LogP contribution in [-0.4, -0.2) is 65.3 Å². The van der Waals surface area contributed by atoms with Crippen LogP contribution in [0.25, 0.3) is 0 Å². The van der Waals surface area contributed by atoms with Gasteiger partial charge in [0.05, 0.1) is 6.10 Å². The highest BCUT2D eigenvalue weighted by atomic mass is 19.1. The summed E-state index contributed by atoms with van der Waals surface area (Å²) in [7, 11) is 3.39. The molecule has 1 unspecified atom stereocenters. The fraction of sp³-hybridized carbons (Fsp3) is 0.421. The number of aliphatic hydroxyl groups is 1. The fourth-order valence-corrected chi connectivity index (χ4v) is 3.18. The van der Waals surface area contributed by atoms with Crippen LogP contribution in [0.5, 0.6) is 0 Å². The Balaban J connectivity index is 1.56. The summed E-state index contributed by atoms with van der Waals surface area (Å²) >= 11 is 0. The van der Waals surface area contributed by atoms with E-state index in [1.165, 1.54) is 16.7 Å². The van der Waals surface area contributed by atoms with E-state index in [0.29, 0.717) is 43.5 Å². The molecule has 1 atom stereocenters. The van der Waals surface area contributed by atoms with Crippen LogP contribution in [-0.2, 0) is 7.05 Å². The first-order valence-electron chi connectivity index (χ1n) is 9.15. The quantitative estimate of drug-likeness (QED) is 0.581. The number of benzene rings is 1. The zero-order valence-electron chi connectivity index (χ0n) is 16.0. The molecular weight excluding hydrogens is 363 g/mol. The average Bonchev–Trinajstić information content (AvgIpc) is 2.71. The number of guanidine groups is 1. The van der Waals surface area contributed by atoms with Crippen molar-refractivity contribution in [1.82, 2.24) is 19.8 Å². The van der Waals surface area contributed by atoms with E-state index in [-0.39, 0.29) is 17.9 Å². The standard InChI is InChI=1S/C19H25FN6O2/c1-21-19(23-13-16(27)14-4-3-5-15(20)12-14)26-10-8-25(9-11-26)17-18(28)24(2)7-6-22-17/h3-7,12,16,27H,8-11,13H2,1-2H3,(H,21,23). The number of anilines is 1. The monoisotopic (exact) mass is 388 g/mol. The smallest absolute Gasteiger partial charge is 0.293 e. The predicted octanol–water partition coefficient (Wildman–Crippen LogP) is 0.350. The number of halogens is 1. The SMILES string of the molecule is CN=C(NCC(O)c1cccc(F)c1)N1CCN(c2nccn(C)c2=O)CC1. The van der Waals surface area contributed by atoms with E-state index >= 15 is 0 Å². The molecule has 2 heterocycles. The second-order valence-corrected chi connectivity index (χ2v) is 6.64. The molecule has 0 spiro atoms. The van der Waals surface area contributed by atoms with Crippen LogP contribution in [0, 0.1) is 5.82 Å². The molecule has 0 aliphatic carbocycles. The van der Waals surface area contributed by atoms with E-state index in [0.717, 1.165) is 0 Å². The molecule has 1 saturated heterocycles. The number of aliphatic hydroxyl groups excluding tert-OH is 1. The van der Waals surface area contributed by atoms with Gasteiger partial charge in [-0.25, -0.2) is 9.37 Å². The third-order valence-corrected chi connectivity index (χ3v) is 4.78. The van der Waals surface area contributed by atoms with Gasteiger partial charge in [0, 0.05) is 59.2 Å². The Bertz CT molecular complexity index is 892. The van der Waals surface area contributed by atoms with Crippen molar-refractivity contribution >= 4 is 11.8 Å². The normalized spacial score (nSPS) is 16.2. The van der Waals surface area contributed by atoms with Crippen LogP contribution >= 0.6 is 0 Å². The van der Waals surface area contributed by atoms with Crippen LogP contribution in [0.1, 0.15) is 11.7 Å². The van der Waals surface area contributed by atoms with Crippen LogP contribution in [0.3, 0.4) is 0 Å². The van der Waals surface area contributed by atoms with Gasteiger partial charge in [-0.2, -0.15) is 0 Å². The number of piperazine rings is 1. The van der Waals surface area contributed by atoms with Crippen LogP contribution in [0.2, 0.25) is 0 Å². The molecule has 8 nitrogen and oxygen atoms in total. The Morgan fingerprint density at radius 3 is 2.79 bits per heavy atom. The minimum Gasteiger partial charge on any atom is -0.387 e. The molecule has 1 aliphatic rings. The van der Waals surface area contributed by atoms with Gasteiger partial charge in [-0.1, -0.05) is 12.1 Å². The molecule has 1 aliphatic heterocycles. The van der Waals surface area contributed by atoms with E-state index in [1.807, 2.05) is 4.90 Å². The van der Waals surface area contributed by atoms with E-state index in [1.54, 1.807) is 38.6 Å².